The number of terminal acetylenes is 1. The SMILES string of the molecule is C#Cc1cccc(N[Si])c1. The largest absolute Gasteiger partial charge is 0.413 e. The number of anilines is 1. The van der Waals surface area contributed by atoms with E-state index in [1.165, 1.54) is 0 Å². The Bertz CT molecular complexity index is 262. The summed E-state index contributed by atoms with van der Waals surface area (Å²) in [7, 11) is 3.15. The molecular formula is C8H6NSi. The minimum Gasteiger partial charge on any atom is -0.413 e. The van der Waals surface area contributed by atoms with E-state index >= 15 is 0 Å². The Kier molecular flexibility index (Phi) is 2.14. The number of nitrogens with one attached hydrogen (secondary N) is 1. The molecule has 2 heteroatoms. The highest BCUT2D eigenvalue weighted by molar-refractivity contribution is 6.15. The van der Waals surface area contributed by atoms with Crippen LogP contribution in [-0.4, -0.2) is 10.4 Å². The van der Waals surface area contributed by atoms with Crippen LogP contribution in [0, 0.1) is 12.3 Å². The van der Waals surface area contributed by atoms with Crippen molar-refractivity contribution in [2.24, 2.45) is 0 Å². The van der Waals surface area contributed by atoms with Crippen molar-refractivity contribution in [1.29, 1.82) is 0 Å². The first-order valence-electron chi connectivity index (χ1n) is 2.86. The van der Waals surface area contributed by atoms with Crippen LogP contribution in [0.5, 0.6) is 0 Å². The van der Waals surface area contributed by atoms with Crippen LogP contribution in [0.2, 0.25) is 0 Å². The van der Waals surface area contributed by atoms with Crippen LogP contribution in [0.4, 0.5) is 5.69 Å². The molecule has 0 aliphatic rings. The molecule has 0 saturated heterocycles. The van der Waals surface area contributed by atoms with Gasteiger partial charge in [0.05, 0.1) is 0 Å². The van der Waals surface area contributed by atoms with E-state index in [1.807, 2.05) is 24.3 Å². The molecule has 0 fully saturated rings. The molecule has 1 N–H and O–H groups in total. The molecule has 0 unspecified atom stereocenters. The van der Waals surface area contributed by atoms with Crippen molar-refractivity contribution in [2.75, 3.05) is 4.98 Å². The summed E-state index contributed by atoms with van der Waals surface area (Å²) in [5.41, 5.74) is 1.84. The summed E-state index contributed by atoms with van der Waals surface area (Å²) < 4.78 is 0. The van der Waals surface area contributed by atoms with Gasteiger partial charge < -0.3 is 4.98 Å². The third-order valence-corrected chi connectivity index (χ3v) is 1.46. The van der Waals surface area contributed by atoms with Gasteiger partial charge in [0.25, 0.3) is 0 Å². The number of rotatable bonds is 1. The molecule has 0 aliphatic carbocycles. The van der Waals surface area contributed by atoms with Gasteiger partial charge in [-0.2, -0.15) is 0 Å². The number of benzene rings is 1. The van der Waals surface area contributed by atoms with E-state index < -0.39 is 0 Å². The van der Waals surface area contributed by atoms with Gasteiger partial charge in [-0.3, -0.25) is 0 Å². The second-order valence-electron chi connectivity index (χ2n) is 1.85. The fraction of sp³-hybridized carbons (Fsp3) is 0. The Balaban J connectivity index is 3.01. The molecule has 0 spiro atoms. The first-order chi connectivity index (χ1) is 4.86. The third kappa shape index (κ3) is 1.39. The fourth-order valence-corrected chi connectivity index (χ4v) is 0.842. The zero-order valence-corrected chi connectivity index (χ0v) is 6.39. The van der Waals surface area contributed by atoms with Crippen LogP contribution in [0.1, 0.15) is 5.56 Å². The van der Waals surface area contributed by atoms with Crippen molar-refractivity contribution in [3.63, 3.8) is 0 Å². The molecule has 0 heterocycles. The minimum absolute atomic E-state index is 0.878. The van der Waals surface area contributed by atoms with Gasteiger partial charge in [-0.05, 0) is 18.2 Å². The highest BCUT2D eigenvalue weighted by atomic mass is 28.2. The van der Waals surface area contributed by atoms with Gasteiger partial charge >= 0.3 is 0 Å². The van der Waals surface area contributed by atoms with Crippen molar-refractivity contribution in [3.8, 4) is 12.3 Å². The molecule has 0 saturated carbocycles. The Morgan fingerprint density at radius 1 is 1.50 bits per heavy atom. The molecule has 3 radical (unpaired) electrons. The average Bonchev–Trinajstić information content (AvgIpc) is 2.05. The van der Waals surface area contributed by atoms with Gasteiger partial charge in [0.1, 0.15) is 0 Å². The highest BCUT2D eigenvalue weighted by Crippen LogP contribution is 2.07. The topological polar surface area (TPSA) is 12.0 Å². The predicted octanol–water partition coefficient (Wildman–Crippen LogP) is 1.16. The molecule has 47 valence electrons. The van der Waals surface area contributed by atoms with Gasteiger partial charge in [-0.25, -0.2) is 0 Å². The Labute approximate surface area is 64.0 Å². The van der Waals surface area contributed by atoms with Gasteiger partial charge in [0, 0.05) is 11.3 Å². The molecule has 0 aromatic heterocycles. The lowest BCUT2D eigenvalue weighted by atomic mass is 10.2. The Morgan fingerprint density at radius 2 is 2.30 bits per heavy atom. The molecule has 1 aromatic carbocycles. The summed E-state index contributed by atoms with van der Waals surface area (Å²) in [4.78, 5) is 2.81. The first-order valence-corrected chi connectivity index (χ1v) is 3.36. The predicted molar refractivity (Wildman–Crippen MR) is 43.8 cm³/mol. The lowest BCUT2D eigenvalue weighted by Gasteiger charge is -1.97. The summed E-state index contributed by atoms with van der Waals surface area (Å²) in [5, 5.41) is 0. The van der Waals surface area contributed by atoms with Crippen molar-refractivity contribution < 1.29 is 0 Å². The minimum atomic E-state index is 0.878. The van der Waals surface area contributed by atoms with Crippen molar-refractivity contribution in [3.05, 3.63) is 29.8 Å². The highest BCUT2D eigenvalue weighted by Gasteiger charge is 1.87. The van der Waals surface area contributed by atoms with Gasteiger partial charge in [0.2, 0.25) is 0 Å². The third-order valence-electron chi connectivity index (χ3n) is 1.17. The monoisotopic (exact) mass is 144 g/mol. The maximum Gasteiger partial charge on any atom is 0.186 e. The second-order valence-corrected chi connectivity index (χ2v) is 2.10. The summed E-state index contributed by atoms with van der Waals surface area (Å²) in [6.45, 7) is 0. The number of hydrogen-bond acceptors (Lipinski definition) is 1. The van der Waals surface area contributed by atoms with E-state index in [2.05, 4.69) is 21.3 Å². The zero-order valence-electron chi connectivity index (χ0n) is 5.39. The Morgan fingerprint density at radius 3 is 2.90 bits per heavy atom. The zero-order chi connectivity index (χ0) is 7.40. The van der Waals surface area contributed by atoms with E-state index in [1.54, 1.807) is 0 Å². The first kappa shape index (κ1) is 6.91. The molecule has 0 amide bonds. The second kappa shape index (κ2) is 3.09. The molecular weight excluding hydrogens is 138 g/mol. The molecule has 1 aromatic rings. The lowest BCUT2D eigenvalue weighted by molar-refractivity contribution is 1.63. The molecule has 1 rings (SSSR count). The van der Waals surface area contributed by atoms with Crippen LogP contribution in [0.25, 0.3) is 0 Å². The van der Waals surface area contributed by atoms with E-state index in [0.29, 0.717) is 0 Å². The van der Waals surface area contributed by atoms with Crippen LogP contribution in [0.3, 0.4) is 0 Å². The number of hydrogen-bond donors (Lipinski definition) is 1. The molecule has 1 nitrogen and oxygen atoms in total. The van der Waals surface area contributed by atoms with Crippen molar-refractivity contribution >= 4 is 16.1 Å². The van der Waals surface area contributed by atoms with E-state index in [-0.39, 0.29) is 0 Å². The van der Waals surface area contributed by atoms with Crippen molar-refractivity contribution in [2.45, 2.75) is 0 Å². The lowest BCUT2D eigenvalue weighted by Crippen LogP contribution is -1.89. The average molecular weight is 144 g/mol. The maximum atomic E-state index is 5.18. The molecule has 10 heavy (non-hydrogen) atoms. The standard InChI is InChI=1S/C8H6NSi/c1-2-7-4-3-5-8(6-7)9-10/h1,3-6,9H. The summed E-state index contributed by atoms with van der Waals surface area (Å²) >= 11 is 0. The molecule has 0 bridgehead atoms. The van der Waals surface area contributed by atoms with Crippen LogP contribution in [-0.2, 0) is 0 Å². The fourth-order valence-electron chi connectivity index (χ4n) is 0.687. The van der Waals surface area contributed by atoms with Crippen molar-refractivity contribution in [1.82, 2.24) is 0 Å². The van der Waals surface area contributed by atoms with E-state index in [4.69, 9.17) is 6.42 Å². The summed E-state index contributed by atoms with van der Waals surface area (Å²) in [5.74, 6) is 2.54. The molecule has 0 aliphatic heterocycles. The van der Waals surface area contributed by atoms with Crippen LogP contribution < -0.4 is 4.98 Å². The maximum absolute atomic E-state index is 5.18. The smallest absolute Gasteiger partial charge is 0.186 e. The quantitative estimate of drug-likeness (QED) is 0.461. The van der Waals surface area contributed by atoms with Crippen LogP contribution >= 0.6 is 0 Å². The van der Waals surface area contributed by atoms with Gasteiger partial charge in [0.15, 0.2) is 10.4 Å². The van der Waals surface area contributed by atoms with Gasteiger partial charge in [-0.15, -0.1) is 6.42 Å². The van der Waals surface area contributed by atoms with E-state index in [0.717, 1.165) is 11.3 Å². The normalized spacial score (nSPS) is 8.40. The van der Waals surface area contributed by atoms with Gasteiger partial charge in [-0.1, -0.05) is 12.0 Å². The van der Waals surface area contributed by atoms with Crippen LogP contribution in [0.15, 0.2) is 24.3 Å². The summed E-state index contributed by atoms with van der Waals surface area (Å²) in [6, 6.07) is 7.59. The molecule has 0 atom stereocenters. The Hall–Kier alpha value is -1.20. The van der Waals surface area contributed by atoms with E-state index in [9.17, 15) is 0 Å². The summed E-state index contributed by atoms with van der Waals surface area (Å²) in [6.07, 6.45) is 5.18.